The van der Waals surface area contributed by atoms with Crippen molar-refractivity contribution in [3.8, 4) is 10.6 Å². The molecule has 0 bridgehead atoms. The molecule has 0 aliphatic rings. The van der Waals surface area contributed by atoms with Gasteiger partial charge in [-0.25, -0.2) is 4.98 Å². The van der Waals surface area contributed by atoms with Crippen molar-refractivity contribution in [1.29, 1.82) is 0 Å². The summed E-state index contributed by atoms with van der Waals surface area (Å²) in [7, 11) is 1.85. The lowest BCUT2D eigenvalue weighted by Crippen LogP contribution is -2.15. The lowest BCUT2D eigenvalue weighted by Gasteiger charge is -2.06. The Bertz CT molecular complexity index is 714. The van der Waals surface area contributed by atoms with Crippen LogP contribution in [0.4, 0.5) is 5.69 Å². The summed E-state index contributed by atoms with van der Waals surface area (Å²) < 4.78 is 1.79. The second-order valence-corrected chi connectivity index (χ2v) is 5.27. The van der Waals surface area contributed by atoms with E-state index in [1.54, 1.807) is 28.2 Å². The molecular formula is C15H13N3OS. The Morgan fingerprint density at radius 1 is 1.25 bits per heavy atom. The zero-order valence-corrected chi connectivity index (χ0v) is 11.7. The fraction of sp³-hybridized carbons (Fsp3) is 0.0667. The van der Waals surface area contributed by atoms with E-state index < -0.39 is 0 Å². The van der Waals surface area contributed by atoms with Gasteiger partial charge in [-0.2, -0.15) is 0 Å². The molecule has 3 aromatic rings. The minimum Gasteiger partial charge on any atom is -0.347 e. The highest BCUT2D eigenvalue weighted by Crippen LogP contribution is 2.23. The number of aromatic nitrogens is 2. The summed E-state index contributed by atoms with van der Waals surface area (Å²) >= 11 is 1.59. The number of carbonyl (C=O) groups excluding carboxylic acids is 1. The molecule has 0 saturated carbocycles. The molecule has 0 spiro atoms. The van der Waals surface area contributed by atoms with E-state index in [0.29, 0.717) is 5.69 Å². The van der Waals surface area contributed by atoms with Gasteiger partial charge in [-0.3, -0.25) is 4.79 Å². The van der Waals surface area contributed by atoms with Gasteiger partial charge in [0.15, 0.2) is 0 Å². The molecule has 2 aromatic heterocycles. The van der Waals surface area contributed by atoms with E-state index in [9.17, 15) is 4.79 Å². The van der Waals surface area contributed by atoms with E-state index in [1.165, 1.54) is 0 Å². The highest BCUT2D eigenvalue weighted by atomic mass is 32.1. The summed E-state index contributed by atoms with van der Waals surface area (Å²) in [6, 6.07) is 11.3. The van der Waals surface area contributed by atoms with Crippen LogP contribution in [-0.4, -0.2) is 15.5 Å². The van der Waals surface area contributed by atoms with E-state index in [2.05, 4.69) is 10.3 Å². The Balaban J connectivity index is 1.76. The number of rotatable bonds is 3. The first-order chi connectivity index (χ1) is 9.74. The smallest absolute Gasteiger partial charge is 0.272 e. The van der Waals surface area contributed by atoms with Crippen LogP contribution in [0.3, 0.4) is 0 Å². The normalized spacial score (nSPS) is 10.4. The van der Waals surface area contributed by atoms with Crippen molar-refractivity contribution in [2.45, 2.75) is 0 Å². The Kier molecular flexibility index (Phi) is 3.35. The molecule has 4 nitrogen and oxygen atoms in total. The Morgan fingerprint density at radius 2 is 2.05 bits per heavy atom. The maximum Gasteiger partial charge on any atom is 0.272 e. The zero-order valence-electron chi connectivity index (χ0n) is 10.9. The number of nitrogens with zero attached hydrogens (tertiary/aromatic N) is 2. The van der Waals surface area contributed by atoms with Gasteiger partial charge >= 0.3 is 0 Å². The van der Waals surface area contributed by atoms with E-state index >= 15 is 0 Å². The summed E-state index contributed by atoms with van der Waals surface area (Å²) in [6.45, 7) is 0. The minimum atomic E-state index is -0.112. The molecule has 3 rings (SSSR count). The molecule has 1 N–H and O–H groups in total. The second-order valence-electron chi connectivity index (χ2n) is 4.37. The minimum absolute atomic E-state index is 0.112. The molecule has 1 aromatic carbocycles. The van der Waals surface area contributed by atoms with Crippen LogP contribution in [-0.2, 0) is 7.05 Å². The molecule has 0 saturated heterocycles. The molecular weight excluding hydrogens is 270 g/mol. The van der Waals surface area contributed by atoms with Gasteiger partial charge in [0.05, 0.1) is 0 Å². The molecule has 0 atom stereocenters. The van der Waals surface area contributed by atoms with Crippen LogP contribution in [0.15, 0.2) is 54.2 Å². The van der Waals surface area contributed by atoms with Crippen molar-refractivity contribution in [1.82, 2.24) is 9.55 Å². The fourth-order valence-electron chi connectivity index (χ4n) is 1.95. The van der Waals surface area contributed by atoms with E-state index in [0.717, 1.165) is 16.3 Å². The maximum absolute atomic E-state index is 12.1. The number of nitrogens with one attached hydrogen (secondary N) is 1. The third-order valence-electron chi connectivity index (χ3n) is 3.00. The predicted octanol–water partition coefficient (Wildman–Crippen LogP) is 3.40. The molecule has 5 heteroatoms. The fourth-order valence-corrected chi connectivity index (χ4v) is 2.60. The molecule has 1 amide bonds. The molecule has 20 heavy (non-hydrogen) atoms. The summed E-state index contributed by atoms with van der Waals surface area (Å²) in [4.78, 5) is 16.3. The second kappa shape index (κ2) is 5.30. The molecule has 0 unspecified atom stereocenters. The largest absolute Gasteiger partial charge is 0.347 e. The van der Waals surface area contributed by atoms with Crippen molar-refractivity contribution in [3.05, 3.63) is 59.9 Å². The zero-order chi connectivity index (χ0) is 13.9. The van der Waals surface area contributed by atoms with Crippen LogP contribution in [0.25, 0.3) is 10.6 Å². The van der Waals surface area contributed by atoms with Gasteiger partial charge in [0.1, 0.15) is 10.7 Å². The highest BCUT2D eigenvalue weighted by molar-refractivity contribution is 7.13. The first-order valence-electron chi connectivity index (χ1n) is 6.16. The van der Waals surface area contributed by atoms with Crippen molar-refractivity contribution < 1.29 is 4.79 Å². The van der Waals surface area contributed by atoms with E-state index in [-0.39, 0.29) is 5.91 Å². The number of hydrogen-bond donors (Lipinski definition) is 1. The Hall–Kier alpha value is -2.40. The molecule has 2 heterocycles. The molecule has 0 radical (unpaired) electrons. The average molecular weight is 283 g/mol. The Labute approximate surface area is 120 Å². The number of hydrogen-bond acceptors (Lipinski definition) is 3. The molecule has 0 aliphatic carbocycles. The predicted molar refractivity (Wildman–Crippen MR) is 80.9 cm³/mol. The van der Waals surface area contributed by atoms with Crippen molar-refractivity contribution >= 4 is 22.9 Å². The number of benzene rings is 1. The van der Waals surface area contributed by atoms with Crippen LogP contribution in [0.2, 0.25) is 0 Å². The van der Waals surface area contributed by atoms with Crippen LogP contribution in [0.5, 0.6) is 0 Å². The monoisotopic (exact) mass is 283 g/mol. The summed E-state index contributed by atoms with van der Waals surface area (Å²) in [5, 5.41) is 5.80. The van der Waals surface area contributed by atoms with Gasteiger partial charge in [-0.05, 0) is 36.4 Å². The van der Waals surface area contributed by atoms with Gasteiger partial charge < -0.3 is 9.88 Å². The van der Waals surface area contributed by atoms with Crippen LogP contribution < -0.4 is 5.32 Å². The molecule has 0 aliphatic heterocycles. The molecule has 100 valence electrons. The average Bonchev–Trinajstić information content (AvgIpc) is 3.10. The Morgan fingerprint density at radius 3 is 2.65 bits per heavy atom. The number of anilines is 1. The highest BCUT2D eigenvalue weighted by Gasteiger charge is 2.09. The van der Waals surface area contributed by atoms with Gasteiger partial charge in [-0.1, -0.05) is 0 Å². The first-order valence-corrected chi connectivity index (χ1v) is 7.04. The lowest BCUT2D eigenvalue weighted by atomic mass is 10.2. The van der Waals surface area contributed by atoms with Gasteiger partial charge in [0.25, 0.3) is 5.91 Å². The number of amides is 1. The third-order valence-corrected chi connectivity index (χ3v) is 3.82. The van der Waals surface area contributed by atoms with Crippen LogP contribution >= 0.6 is 11.3 Å². The number of carbonyl (C=O) groups is 1. The van der Waals surface area contributed by atoms with Gasteiger partial charge in [-0.15, -0.1) is 11.3 Å². The number of aryl methyl sites for hydroxylation is 1. The standard InChI is InChI=1S/C15H13N3OS/c1-18-9-2-3-13(18)14(19)17-12-6-4-11(5-7-12)15-16-8-10-20-15/h2-10H,1H3,(H,17,19). The van der Waals surface area contributed by atoms with Crippen molar-refractivity contribution in [2.24, 2.45) is 7.05 Å². The van der Waals surface area contributed by atoms with E-state index in [4.69, 9.17) is 0 Å². The first kappa shape index (κ1) is 12.6. The van der Waals surface area contributed by atoms with Gasteiger partial charge in [0.2, 0.25) is 0 Å². The van der Waals surface area contributed by atoms with Crippen LogP contribution in [0.1, 0.15) is 10.5 Å². The molecule has 0 fully saturated rings. The van der Waals surface area contributed by atoms with Crippen molar-refractivity contribution in [3.63, 3.8) is 0 Å². The van der Waals surface area contributed by atoms with E-state index in [1.807, 2.05) is 49.0 Å². The topological polar surface area (TPSA) is 46.9 Å². The lowest BCUT2D eigenvalue weighted by molar-refractivity contribution is 0.101. The quantitative estimate of drug-likeness (QED) is 0.800. The maximum atomic E-state index is 12.1. The van der Waals surface area contributed by atoms with Gasteiger partial charge in [0, 0.05) is 36.1 Å². The third kappa shape index (κ3) is 2.48. The SMILES string of the molecule is Cn1cccc1C(=O)Nc1ccc(-c2nccs2)cc1. The number of thiazole rings is 1. The van der Waals surface area contributed by atoms with Crippen LogP contribution in [0, 0.1) is 0 Å². The summed E-state index contributed by atoms with van der Waals surface area (Å²) in [5.41, 5.74) is 2.46. The summed E-state index contributed by atoms with van der Waals surface area (Å²) in [6.07, 6.45) is 3.63. The summed E-state index contributed by atoms with van der Waals surface area (Å²) in [5.74, 6) is -0.112. The van der Waals surface area contributed by atoms with Crippen molar-refractivity contribution in [2.75, 3.05) is 5.32 Å².